The number of carbonyl (C=O) groups excluding carboxylic acids is 1. The molecule has 0 radical (unpaired) electrons. The molecule has 0 saturated carbocycles. The molecular formula is C42H39LiN6O4. The average molecular weight is 699 g/mol. The third-order valence-corrected chi connectivity index (χ3v) is 9.72. The van der Waals surface area contributed by atoms with Crippen LogP contribution in [-0.4, -0.2) is 54.7 Å². The predicted octanol–water partition coefficient (Wildman–Crippen LogP) is 2.31. The zero-order valence-corrected chi connectivity index (χ0v) is 30.4. The third kappa shape index (κ3) is 6.67. The first kappa shape index (κ1) is 37.3. The van der Waals surface area contributed by atoms with Crippen LogP contribution in [0.15, 0.2) is 151 Å². The van der Waals surface area contributed by atoms with Crippen LogP contribution in [0.3, 0.4) is 0 Å². The van der Waals surface area contributed by atoms with E-state index in [0.29, 0.717) is 5.82 Å². The molecule has 0 bridgehead atoms. The molecule has 0 aliphatic carbocycles. The Bertz CT molecular complexity index is 2120. The second-order valence-corrected chi connectivity index (χ2v) is 13.4. The summed E-state index contributed by atoms with van der Waals surface area (Å²) in [6.45, 7) is 4.92. The Labute approximate surface area is 320 Å². The van der Waals surface area contributed by atoms with E-state index in [0.717, 1.165) is 38.9 Å². The predicted molar refractivity (Wildman–Crippen MR) is 196 cm³/mol. The molecule has 53 heavy (non-hydrogen) atoms. The summed E-state index contributed by atoms with van der Waals surface area (Å²) in [5.74, 6) is -2.06. The maximum atomic E-state index is 12.4. The number of methoxy groups -OCH3 is 1. The Morgan fingerprint density at radius 2 is 1.28 bits per heavy atom. The van der Waals surface area contributed by atoms with Crippen LogP contribution >= 0.6 is 0 Å². The van der Waals surface area contributed by atoms with Crippen LogP contribution in [0, 0.1) is 0 Å². The van der Waals surface area contributed by atoms with Gasteiger partial charge in [-0.1, -0.05) is 140 Å². The number of carbonyl (C=O) groups is 1. The molecular weight excluding hydrogens is 659 g/mol. The molecule has 11 heteroatoms. The van der Waals surface area contributed by atoms with E-state index in [2.05, 4.69) is 52.0 Å². The monoisotopic (exact) mass is 698 g/mol. The number of aromatic nitrogens is 4. The summed E-state index contributed by atoms with van der Waals surface area (Å²) in [7, 11) is 1.48. The first-order valence-electron chi connectivity index (χ1n) is 17.0. The minimum atomic E-state index is -1.47. The standard InChI is InChI=1S/C42H40N6O4.Li/c1-40(2,51)37-36(39(49)50)47(41(3,43-37)52-4)28-29-24-26-30(27-25-29)34-22-14-15-23-35(34)38-44-45-46-48(38)42(31-16-8-5-9-17-31,32-18-10-6-11-19-32)33-20-12-7-13-21-33;/h5-27,43,51H,28H2,1-4H3,(H,49,50);/q;+1/p-1. The topological polar surface area (TPSA) is 128 Å². The van der Waals surface area contributed by atoms with Gasteiger partial charge in [0.25, 0.3) is 0 Å². The second-order valence-electron chi connectivity index (χ2n) is 13.4. The molecule has 1 aromatic heterocycles. The van der Waals surface area contributed by atoms with Gasteiger partial charge in [-0.05, 0) is 57.7 Å². The average Bonchev–Trinajstić information content (AvgIpc) is 3.77. The molecule has 1 unspecified atom stereocenters. The van der Waals surface area contributed by atoms with Crippen molar-refractivity contribution >= 4 is 5.97 Å². The summed E-state index contributed by atoms with van der Waals surface area (Å²) in [6, 6.07) is 46.7. The van der Waals surface area contributed by atoms with Gasteiger partial charge in [0.15, 0.2) is 5.82 Å². The number of aliphatic hydroxyl groups is 1. The van der Waals surface area contributed by atoms with Crippen molar-refractivity contribution < 1.29 is 38.6 Å². The van der Waals surface area contributed by atoms with Crippen molar-refractivity contribution in [1.82, 2.24) is 30.4 Å². The van der Waals surface area contributed by atoms with Gasteiger partial charge in [0.05, 0.1) is 17.4 Å². The fraction of sp³-hybridized carbons (Fsp3) is 0.190. The maximum Gasteiger partial charge on any atom is 1.00 e. The van der Waals surface area contributed by atoms with E-state index in [1.165, 1.54) is 21.0 Å². The van der Waals surface area contributed by atoms with Crippen LogP contribution in [0.4, 0.5) is 0 Å². The number of tetrazole rings is 1. The van der Waals surface area contributed by atoms with E-state index >= 15 is 0 Å². The Morgan fingerprint density at radius 3 is 1.75 bits per heavy atom. The fourth-order valence-corrected chi connectivity index (χ4v) is 7.14. The first-order valence-corrected chi connectivity index (χ1v) is 17.0. The summed E-state index contributed by atoms with van der Waals surface area (Å²) < 4.78 is 7.64. The summed E-state index contributed by atoms with van der Waals surface area (Å²) in [5, 5.41) is 39.9. The minimum absolute atomic E-state index is 0. The molecule has 0 amide bonds. The van der Waals surface area contributed by atoms with Crippen LogP contribution in [0.1, 0.15) is 43.0 Å². The van der Waals surface area contributed by atoms with Gasteiger partial charge >= 0.3 is 18.9 Å². The zero-order chi connectivity index (χ0) is 36.5. The van der Waals surface area contributed by atoms with Crippen molar-refractivity contribution in [2.75, 3.05) is 7.11 Å². The molecule has 5 aromatic carbocycles. The van der Waals surface area contributed by atoms with E-state index in [1.807, 2.05) is 108 Å². The van der Waals surface area contributed by atoms with E-state index in [1.54, 1.807) is 11.8 Å². The molecule has 2 N–H and O–H groups in total. The number of nitrogens with zero attached hydrogens (tertiary/aromatic N) is 5. The molecule has 7 rings (SSSR count). The van der Waals surface area contributed by atoms with Crippen molar-refractivity contribution in [3.05, 3.63) is 173 Å². The number of carboxylic acid groups (broad SMARTS) is 1. The number of nitrogens with one attached hydrogen (secondary N) is 1. The fourth-order valence-electron chi connectivity index (χ4n) is 7.14. The molecule has 1 atom stereocenters. The van der Waals surface area contributed by atoms with Crippen molar-refractivity contribution in [3.8, 4) is 22.5 Å². The quantitative estimate of drug-likeness (QED) is 0.155. The van der Waals surface area contributed by atoms with Crippen molar-refractivity contribution in [3.63, 3.8) is 0 Å². The Kier molecular flexibility index (Phi) is 10.4. The van der Waals surface area contributed by atoms with Gasteiger partial charge in [0, 0.05) is 26.1 Å². The van der Waals surface area contributed by atoms with Crippen LogP contribution in [0.25, 0.3) is 22.5 Å². The maximum absolute atomic E-state index is 12.4. The normalized spacial score (nSPS) is 15.9. The van der Waals surface area contributed by atoms with Gasteiger partial charge in [-0.25, -0.2) is 4.68 Å². The van der Waals surface area contributed by atoms with Gasteiger partial charge < -0.3 is 30.0 Å². The smallest absolute Gasteiger partial charge is 0.543 e. The van der Waals surface area contributed by atoms with Crippen molar-refractivity contribution in [2.24, 2.45) is 0 Å². The van der Waals surface area contributed by atoms with Crippen LogP contribution in [0.5, 0.6) is 0 Å². The molecule has 0 saturated heterocycles. The van der Waals surface area contributed by atoms with Gasteiger partial charge in [-0.2, -0.15) is 0 Å². The van der Waals surface area contributed by atoms with Crippen LogP contribution < -0.4 is 29.3 Å². The molecule has 2 heterocycles. The van der Waals surface area contributed by atoms with E-state index < -0.39 is 23.0 Å². The third-order valence-electron chi connectivity index (χ3n) is 9.72. The molecule has 262 valence electrons. The Morgan fingerprint density at radius 1 is 0.792 bits per heavy atom. The molecule has 1 aliphatic rings. The summed E-state index contributed by atoms with van der Waals surface area (Å²) >= 11 is 0. The van der Waals surface area contributed by atoms with E-state index in [-0.39, 0.29) is 36.8 Å². The van der Waals surface area contributed by atoms with Gasteiger partial charge in [0.2, 0.25) is 5.85 Å². The minimum Gasteiger partial charge on any atom is -0.543 e. The number of ether oxygens (including phenoxy) is 1. The summed E-state index contributed by atoms with van der Waals surface area (Å²) in [4.78, 5) is 13.9. The van der Waals surface area contributed by atoms with E-state index in [4.69, 9.17) is 9.95 Å². The number of carboxylic acids is 1. The largest absolute Gasteiger partial charge is 1.00 e. The molecule has 1 aliphatic heterocycles. The number of hydrogen-bond donors (Lipinski definition) is 2. The Hall–Kier alpha value is -5.50. The van der Waals surface area contributed by atoms with Gasteiger partial charge in [-0.15, -0.1) is 5.10 Å². The first-order chi connectivity index (χ1) is 25.1. The zero-order valence-electron chi connectivity index (χ0n) is 30.4. The summed E-state index contributed by atoms with van der Waals surface area (Å²) in [5.41, 5.74) is 4.07. The van der Waals surface area contributed by atoms with Crippen LogP contribution in [-0.2, 0) is 21.6 Å². The van der Waals surface area contributed by atoms with Gasteiger partial charge in [0.1, 0.15) is 11.1 Å². The van der Waals surface area contributed by atoms with Gasteiger partial charge in [-0.3, -0.25) is 0 Å². The molecule has 0 fully saturated rings. The molecule has 6 aromatic rings. The summed E-state index contributed by atoms with van der Waals surface area (Å²) in [6.07, 6.45) is 0. The Balaban J connectivity index is 0.00000481. The number of rotatable bonds is 11. The SMILES string of the molecule is COC1(C)NC(C(C)(C)O)=C(C(=O)[O-])N1Cc1ccc(-c2ccccc2-c2nnnn2C(c2ccccc2)(c2ccccc2)c2ccccc2)cc1.[Li+]. The van der Waals surface area contributed by atoms with Crippen LogP contribution in [0.2, 0.25) is 0 Å². The second kappa shape index (κ2) is 14.9. The number of benzene rings is 5. The number of aliphatic carboxylic acids is 1. The van der Waals surface area contributed by atoms with E-state index in [9.17, 15) is 15.0 Å². The number of hydrogen-bond acceptors (Lipinski definition) is 9. The van der Waals surface area contributed by atoms with Crippen molar-refractivity contribution in [2.45, 2.75) is 44.3 Å². The van der Waals surface area contributed by atoms with Crippen molar-refractivity contribution in [1.29, 1.82) is 0 Å². The molecule has 0 spiro atoms. The molecule has 10 nitrogen and oxygen atoms in total.